The monoisotopic (exact) mass is 274 g/mol. The minimum atomic E-state index is -0.664. The standard InChI is InChI=1S/C16H22N2O2/c1-2-19-14-7-3-4-8-15(14)20-11-9-13-6-5-10-16(13,18)12-17/h3-4,7-8,13H,2,5-6,9-11,18H2,1H3. The van der Waals surface area contributed by atoms with Crippen LogP contribution < -0.4 is 15.2 Å². The molecular weight excluding hydrogens is 252 g/mol. The van der Waals surface area contributed by atoms with Crippen LogP contribution in [0.2, 0.25) is 0 Å². The molecule has 2 rings (SSSR count). The molecule has 1 aromatic rings. The molecule has 1 aromatic carbocycles. The average molecular weight is 274 g/mol. The third kappa shape index (κ3) is 3.23. The summed E-state index contributed by atoms with van der Waals surface area (Å²) in [4.78, 5) is 0. The molecule has 108 valence electrons. The molecule has 20 heavy (non-hydrogen) atoms. The van der Waals surface area contributed by atoms with Crippen molar-refractivity contribution < 1.29 is 9.47 Å². The average Bonchev–Trinajstić information content (AvgIpc) is 2.83. The summed E-state index contributed by atoms with van der Waals surface area (Å²) in [6.45, 7) is 3.13. The normalized spacial score (nSPS) is 25.1. The number of nitrogens with zero attached hydrogens (tertiary/aromatic N) is 1. The zero-order valence-corrected chi connectivity index (χ0v) is 12.0. The molecule has 0 amide bonds. The van der Waals surface area contributed by atoms with Gasteiger partial charge in [-0.25, -0.2) is 0 Å². The summed E-state index contributed by atoms with van der Waals surface area (Å²) in [7, 11) is 0. The molecular formula is C16H22N2O2. The van der Waals surface area contributed by atoms with E-state index in [1.165, 1.54) is 0 Å². The largest absolute Gasteiger partial charge is 0.490 e. The summed E-state index contributed by atoms with van der Waals surface area (Å²) < 4.78 is 11.3. The Labute approximate surface area is 120 Å². The summed E-state index contributed by atoms with van der Waals surface area (Å²) in [5.41, 5.74) is 5.45. The fourth-order valence-electron chi connectivity index (χ4n) is 2.81. The fraction of sp³-hybridized carbons (Fsp3) is 0.562. The number of hydrogen-bond donors (Lipinski definition) is 1. The number of ether oxygens (including phenoxy) is 2. The van der Waals surface area contributed by atoms with E-state index in [-0.39, 0.29) is 5.92 Å². The van der Waals surface area contributed by atoms with Gasteiger partial charge < -0.3 is 15.2 Å². The van der Waals surface area contributed by atoms with Crippen molar-refractivity contribution in [2.24, 2.45) is 11.7 Å². The lowest BCUT2D eigenvalue weighted by molar-refractivity contribution is 0.239. The van der Waals surface area contributed by atoms with Gasteiger partial charge in [0.25, 0.3) is 0 Å². The number of nitriles is 1. The molecule has 2 N–H and O–H groups in total. The van der Waals surface area contributed by atoms with Gasteiger partial charge in [0.15, 0.2) is 11.5 Å². The molecule has 0 spiro atoms. The van der Waals surface area contributed by atoms with Crippen molar-refractivity contribution >= 4 is 0 Å². The molecule has 1 aliphatic carbocycles. The smallest absolute Gasteiger partial charge is 0.161 e. The predicted octanol–water partition coefficient (Wildman–Crippen LogP) is 2.88. The van der Waals surface area contributed by atoms with E-state index in [0.29, 0.717) is 13.2 Å². The van der Waals surface area contributed by atoms with Gasteiger partial charge >= 0.3 is 0 Å². The van der Waals surface area contributed by atoms with Crippen molar-refractivity contribution in [3.05, 3.63) is 24.3 Å². The van der Waals surface area contributed by atoms with Crippen molar-refractivity contribution in [2.45, 2.75) is 38.1 Å². The summed E-state index contributed by atoms with van der Waals surface area (Å²) in [6.07, 6.45) is 3.65. The summed E-state index contributed by atoms with van der Waals surface area (Å²) >= 11 is 0. The maximum atomic E-state index is 9.19. The molecule has 1 fully saturated rings. The van der Waals surface area contributed by atoms with Gasteiger partial charge in [-0.15, -0.1) is 0 Å². The van der Waals surface area contributed by atoms with Crippen LogP contribution in [0.15, 0.2) is 24.3 Å². The van der Waals surface area contributed by atoms with E-state index in [0.717, 1.165) is 37.2 Å². The molecule has 0 radical (unpaired) electrons. The molecule has 1 saturated carbocycles. The lowest BCUT2D eigenvalue weighted by Crippen LogP contribution is -2.42. The predicted molar refractivity (Wildman–Crippen MR) is 77.6 cm³/mol. The van der Waals surface area contributed by atoms with Crippen molar-refractivity contribution in [1.82, 2.24) is 0 Å². The number of para-hydroxylation sites is 2. The van der Waals surface area contributed by atoms with Gasteiger partial charge in [0.1, 0.15) is 5.54 Å². The molecule has 4 nitrogen and oxygen atoms in total. The van der Waals surface area contributed by atoms with E-state index in [4.69, 9.17) is 15.2 Å². The molecule has 0 bridgehead atoms. The van der Waals surface area contributed by atoms with E-state index in [2.05, 4.69) is 6.07 Å². The highest BCUT2D eigenvalue weighted by molar-refractivity contribution is 5.39. The molecule has 0 aliphatic heterocycles. The third-order valence-electron chi connectivity index (χ3n) is 3.95. The third-order valence-corrected chi connectivity index (χ3v) is 3.95. The van der Waals surface area contributed by atoms with Crippen LogP contribution in [0.5, 0.6) is 11.5 Å². The Kier molecular flexibility index (Phi) is 4.86. The minimum Gasteiger partial charge on any atom is -0.490 e. The molecule has 0 aromatic heterocycles. The van der Waals surface area contributed by atoms with Gasteiger partial charge in [-0.05, 0) is 44.2 Å². The summed E-state index contributed by atoms with van der Waals surface area (Å²) in [6, 6.07) is 9.92. The minimum absolute atomic E-state index is 0.228. The summed E-state index contributed by atoms with van der Waals surface area (Å²) in [5, 5.41) is 9.19. The quantitative estimate of drug-likeness (QED) is 0.866. The van der Waals surface area contributed by atoms with Crippen molar-refractivity contribution in [2.75, 3.05) is 13.2 Å². The molecule has 4 heteroatoms. The Morgan fingerprint density at radius 2 is 2.05 bits per heavy atom. The first-order valence-electron chi connectivity index (χ1n) is 7.24. The first-order valence-corrected chi connectivity index (χ1v) is 7.24. The van der Waals surface area contributed by atoms with Gasteiger partial charge in [0, 0.05) is 0 Å². The van der Waals surface area contributed by atoms with E-state index in [1.807, 2.05) is 31.2 Å². The molecule has 2 unspecified atom stereocenters. The van der Waals surface area contributed by atoms with Crippen LogP contribution in [-0.4, -0.2) is 18.8 Å². The molecule has 0 heterocycles. The van der Waals surface area contributed by atoms with Crippen LogP contribution in [0.25, 0.3) is 0 Å². The van der Waals surface area contributed by atoms with Crippen molar-refractivity contribution in [3.63, 3.8) is 0 Å². The SMILES string of the molecule is CCOc1ccccc1OCCC1CCCC1(N)C#N. The maximum absolute atomic E-state index is 9.19. The molecule has 0 saturated heterocycles. The summed E-state index contributed by atoms with van der Waals surface area (Å²) in [5.74, 6) is 1.75. The fourth-order valence-corrected chi connectivity index (χ4v) is 2.81. The first kappa shape index (κ1) is 14.7. The number of rotatable bonds is 6. The molecule has 1 aliphatic rings. The first-order chi connectivity index (χ1) is 9.69. The Balaban J connectivity index is 1.89. The zero-order chi connectivity index (χ0) is 14.4. The van der Waals surface area contributed by atoms with E-state index in [1.54, 1.807) is 0 Å². The van der Waals surface area contributed by atoms with Crippen molar-refractivity contribution in [1.29, 1.82) is 5.26 Å². The Morgan fingerprint density at radius 3 is 2.70 bits per heavy atom. The highest BCUT2D eigenvalue weighted by Crippen LogP contribution is 2.36. The maximum Gasteiger partial charge on any atom is 0.161 e. The topological polar surface area (TPSA) is 68.3 Å². The van der Waals surface area contributed by atoms with Crippen LogP contribution in [-0.2, 0) is 0 Å². The Morgan fingerprint density at radius 1 is 1.35 bits per heavy atom. The number of benzene rings is 1. The Hall–Kier alpha value is -1.73. The van der Waals surface area contributed by atoms with E-state index < -0.39 is 5.54 Å². The van der Waals surface area contributed by atoms with E-state index in [9.17, 15) is 5.26 Å². The van der Waals surface area contributed by atoms with Gasteiger partial charge in [0.05, 0.1) is 19.3 Å². The highest BCUT2D eigenvalue weighted by Gasteiger charge is 2.39. The van der Waals surface area contributed by atoms with Crippen LogP contribution in [0.4, 0.5) is 0 Å². The van der Waals surface area contributed by atoms with Gasteiger partial charge in [-0.3, -0.25) is 0 Å². The zero-order valence-electron chi connectivity index (χ0n) is 12.0. The van der Waals surface area contributed by atoms with Crippen molar-refractivity contribution in [3.8, 4) is 17.6 Å². The highest BCUT2D eigenvalue weighted by atomic mass is 16.5. The van der Waals surface area contributed by atoms with Gasteiger partial charge in [0.2, 0.25) is 0 Å². The van der Waals surface area contributed by atoms with Crippen LogP contribution in [0.1, 0.15) is 32.6 Å². The lowest BCUT2D eigenvalue weighted by Gasteiger charge is -2.23. The second-order valence-electron chi connectivity index (χ2n) is 5.26. The number of hydrogen-bond acceptors (Lipinski definition) is 4. The second-order valence-corrected chi connectivity index (χ2v) is 5.26. The van der Waals surface area contributed by atoms with E-state index >= 15 is 0 Å². The lowest BCUT2D eigenvalue weighted by atomic mass is 9.87. The Bertz CT molecular complexity index is 484. The number of nitrogens with two attached hydrogens (primary N) is 1. The van der Waals surface area contributed by atoms with Gasteiger partial charge in [-0.1, -0.05) is 18.6 Å². The van der Waals surface area contributed by atoms with Crippen LogP contribution in [0, 0.1) is 17.2 Å². The van der Waals surface area contributed by atoms with Crippen LogP contribution >= 0.6 is 0 Å². The van der Waals surface area contributed by atoms with Crippen LogP contribution in [0.3, 0.4) is 0 Å². The second kappa shape index (κ2) is 6.62. The molecule has 2 atom stereocenters. The van der Waals surface area contributed by atoms with Gasteiger partial charge in [-0.2, -0.15) is 5.26 Å².